The van der Waals surface area contributed by atoms with Gasteiger partial charge in [-0.2, -0.15) is 13.2 Å². The van der Waals surface area contributed by atoms with Crippen LogP contribution in [0.15, 0.2) is 24.7 Å². The molecule has 34 heavy (non-hydrogen) atoms. The molecule has 0 radical (unpaired) electrons. The highest BCUT2D eigenvalue weighted by atomic mass is 19.4. The molecule has 0 saturated heterocycles. The normalized spacial score (nSPS) is 16.3. The Hall–Kier alpha value is -3.57. The second-order valence-corrected chi connectivity index (χ2v) is 8.62. The van der Waals surface area contributed by atoms with Crippen LogP contribution >= 0.6 is 0 Å². The Morgan fingerprint density at radius 3 is 2.65 bits per heavy atom. The SMILES string of the molecule is CCn1c(-c2ccc(C(F)(F)F)nc2)nc2c(N[C@@H]3CCc4nnc(C(C)C)n4C3)ncnc21. The average molecular weight is 471 g/mol. The Kier molecular flexibility index (Phi) is 5.45. The molecule has 0 saturated carbocycles. The number of imidazole rings is 1. The molecule has 5 heterocycles. The first-order valence-corrected chi connectivity index (χ1v) is 11.2. The summed E-state index contributed by atoms with van der Waals surface area (Å²) in [5, 5.41) is 12.2. The zero-order chi connectivity index (χ0) is 24.0. The van der Waals surface area contributed by atoms with E-state index in [0.717, 1.165) is 30.6 Å². The third-order valence-corrected chi connectivity index (χ3v) is 5.99. The zero-order valence-electron chi connectivity index (χ0n) is 19.0. The van der Waals surface area contributed by atoms with Gasteiger partial charge in [-0.15, -0.1) is 10.2 Å². The Bertz CT molecular complexity index is 1320. The fraction of sp³-hybridized carbons (Fsp3) is 0.455. The molecule has 0 amide bonds. The number of hydrogen-bond acceptors (Lipinski definition) is 7. The van der Waals surface area contributed by atoms with Gasteiger partial charge in [0, 0.05) is 43.2 Å². The van der Waals surface area contributed by atoms with E-state index < -0.39 is 11.9 Å². The molecule has 0 unspecified atom stereocenters. The first kappa shape index (κ1) is 22.2. The second kappa shape index (κ2) is 8.33. The van der Waals surface area contributed by atoms with Gasteiger partial charge in [-0.3, -0.25) is 4.98 Å². The molecule has 0 fully saturated rings. The summed E-state index contributed by atoms with van der Waals surface area (Å²) >= 11 is 0. The molecule has 4 aromatic rings. The van der Waals surface area contributed by atoms with Crippen molar-refractivity contribution in [2.45, 2.75) is 64.8 Å². The largest absolute Gasteiger partial charge is 0.433 e. The predicted molar refractivity (Wildman–Crippen MR) is 119 cm³/mol. The molecule has 1 aliphatic heterocycles. The molecule has 5 rings (SSSR count). The quantitative estimate of drug-likeness (QED) is 0.468. The van der Waals surface area contributed by atoms with Crippen molar-refractivity contribution in [3.05, 3.63) is 42.0 Å². The maximum atomic E-state index is 12.9. The molecular weight excluding hydrogens is 447 g/mol. The molecule has 9 nitrogen and oxygen atoms in total. The Morgan fingerprint density at radius 2 is 1.97 bits per heavy atom. The van der Waals surface area contributed by atoms with Crippen LogP contribution < -0.4 is 5.32 Å². The highest BCUT2D eigenvalue weighted by Crippen LogP contribution is 2.31. The summed E-state index contributed by atoms with van der Waals surface area (Å²) in [7, 11) is 0. The van der Waals surface area contributed by atoms with Crippen LogP contribution in [0.25, 0.3) is 22.6 Å². The third kappa shape index (κ3) is 3.86. The predicted octanol–water partition coefficient (Wildman–Crippen LogP) is 4.07. The van der Waals surface area contributed by atoms with Crippen LogP contribution in [0.1, 0.15) is 50.5 Å². The number of hydrogen-bond donors (Lipinski definition) is 1. The molecule has 4 aromatic heterocycles. The van der Waals surface area contributed by atoms with Gasteiger partial charge < -0.3 is 14.5 Å². The van der Waals surface area contributed by atoms with Gasteiger partial charge in [0.15, 0.2) is 17.0 Å². The lowest BCUT2D eigenvalue weighted by Crippen LogP contribution is -2.32. The molecule has 0 aliphatic carbocycles. The van der Waals surface area contributed by atoms with Crippen LogP contribution in [0.2, 0.25) is 0 Å². The first-order valence-electron chi connectivity index (χ1n) is 11.2. The lowest BCUT2D eigenvalue weighted by molar-refractivity contribution is -0.141. The van der Waals surface area contributed by atoms with E-state index in [0.29, 0.717) is 41.5 Å². The minimum absolute atomic E-state index is 0.0991. The van der Waals surface area contributed by atoms with E-state index in [1.807, 2.05) is 11.5 Å². The van der Waals surface area contributed by atoms with Crippen LogP contribution in [-0.4, -0.2) is 45.3 Å². The number of aryl methyl sites for hydroxylation is 2. The van der Waals surface area contributed by atoms with Gasteiger partial charge in [0.1, 0.15) is 29.5 Å². The number of nitrogens with one attached hydrogen (secondary N) is 1. The number of pyridine rings is 1. The fourth-order valence-corrected chi connectivity index (χ4v) is 4.34. The molecule has 1 N–H and O–H groups in total. The van der Waals surface area contributed by atoms with E-state index in [2.05, 4.69) is 48.9 Å². The fourth-order valence-electron chi connectivity index (χ4n) is 4.34. The van der Waals surface area contributed by atoms with Crippen LogP contribution in [0.3, 0.4) is 0 Å². The van der Waals surface area contributed by atoms with Crippen LogP contribution in [-0.2, 0) is 25.7 Å². The zero-order valence-corrected chi connectivity index (χ0v) is 19.0. The second-order valence-electron chi connectivity index (χ2n) is 8.62. The summed E-state index contributed by atoms with van der Waals surface area (Å²) in [5.41, 5.74) is 0.715. The standard InChI is InChI=1S/C22H24F3N9/c1-4-33-20(13-5-7-15(26-9-13)22(23,24)25)30-17-18(27-11-28-21(17)33)29-14-6-8-16-31-32-19(12(2)3)34(16)10-14/h5,7,9,11-12,14H,4,6,8,10H2,1-3H3,(H,27,28,29)/t14-/m1/s1. The smallest absolute Gasteiger partial charge is 0.364 e. The topological polar surface area (TPSA) is 99.2 Å². The van der Waals surface area contributed by atoms with Gasteiger partial charge in [-0.1, -0.05) is 13.8 Å². The summed E-state index contributed by atoms with van der Waals surface area (Å²) in [6.07, 6.45) is -0.159. The Labute approximate surface area is 193 Å². The lowest BCUT2D eigenvalue weighted by Gasteiger charge is -2.26. The van der Waals surface area contributed by atoms with Crippen molar-refractivity contribution < 1.29 is 13.2 Å². The van der Waals surface area contributed by atoms with Crippen molar-refractivity contribution in [2.24, 2.45) is 0 Å². The number of alkyl halides is 3. The molecule has 0 aromatic carbocycles. The van der Waals surface area contributed by atoms with Crippen molar-refractivity contribution in [3.63, 3.8) is 0 Å². The van der Waals surface area contributed by atoms with Gasteiger partial charge in [0.2, 0.25) is 0 Å². The minimum atomic E-state index is -4.49. The molecule has 1 aliphatic rings. The lowest BCUT2D eigenvalue weighted by atomic mass is 10.1. The highest BCUT2D eigenvalue weighted by molar-refractivity contribution is 5.86. The van der Waals surface area contributed by atoms with E-state index in [-0.39, 0.29) is 12.0 Å². The molecule has 178 valence electrons. The average Bonchev–Trinajstić information content (AvgIpc) is 3.40. The summed E-state index contributed by atoms with van der Waals surface area (Å²) in [4.78, 5) is 17.1. The van der Waals surface area contributed by atoms with Crippen molar-refractivity contribution >= 4 is 17.0 Å². The summed E-state index contributed by atoms with van der Waals surface area (Å²) in [6, 6.07) is 2.44. The first-order chi connectivity index (χ1) is 16.3. The molecule has 12 heteroatoms. The molecular formula is C22H24F3N9. The van der Waals surface area contributed by atoms with Crippen molar-refractivity contribution in [2.75, 3.05) is 5.32 Å². The van der Waals surface area contributed by atoms with Gasteiger partial charge in [-0.25, -0.2) is 15.0 Å². The van der Waals surface area contributed by atoms with Gasteiger partial charge in [-0.05, 0) is 25.5 Å². The van der Waals surface area contributed by atoms with E-state index >= 15 is 0 Å². The summed E-state index contributed by atoms with van der Waals surface area (Å²) in [6.45, 7) is 7.37. The highest BCUT2D eigenvalue weighted by Gasteiger charge is 2.32. The van der Waals surface area contributed by atoms with Crippen molar-refractivity contribution in [1.29, 1.82) is 0 Å². The Balaban J connectivity index is 1.48. The number of rotatable bonds is 5. The molecule has 0 spiro atoms. The number of aromatic nitrogens is 8. The van der Waals surface area contributed by atoms with E-state index in [1.165, 1.54) is 18.6 Å². The maximum absolute atomic E-state index is 12.9. The number of nitrogens with zero attached hydrogens (tertiary/aromatic N) is 8. The number of anilines is 1. The summed E-state index contributed by atoms with van der Waals surface area (Å²) in [5.74, 6) is 3.30. The molecule has 1 atom stereocenters. The van der Waals surface area contributed by atoms with Crippen LogP contribution in [0.4, 0.5) is 19.0 Å². The number of halogens is 3. The van der Waals surface area contributed by atoms with Crippen molar-refractivity contribution in [1.82, 2.24) is 39.3 Å². The van der Waals surface area contributed by atoms with E-state index in [4.69, 9.17) is 4.98 Å². The van der Waals surface area contributed by atoms with Crippen molar-refractivity contribution in [3.8, 4) is 11.4 Å². The van der Waals surface area contributed by atoms with E-state index in [9.17, 15) is 13.2 Å². The Morgan fingerprint density at radius 1 is 1.15 bits per heavy atom. The number of fused-ring (bicyclic) bond motifs is 2. The maximum Gasteiger partial charge on any atom is 0.433 e. The van der Waals surface area contributed by atoms with Gasteiger partial charge in [0.25, 0.3) is 0 Å². The van der Waals surface area contributed by atoms with Gasteiger partial charge in [0.05, 0.1) is 0 Å². The van der Waals surface area contributed by atoms with Gasteiger partial charge >= 0.3 is 6.18 Å². The molecule has 0 bridgehead atoms. The summed E-state index contributed by atoms with van der Waals surface area (Å²) < 4.78 is 42.8. The van der Waals surface area contributed by atoms with Crippen LogP contribution in [0.5, 0.6) is 0 Å². The van der Waals surface area contributed by atoms with E-state index in [1.54, 1.807) is 0 Å². The van der Waals surface area contributed by atoms with Crippen LogP contribution in [0, 0.1) is 0 Å². The third-order valence-electron chi connectivity index (χ3n) is 5.99. The minimum Gasteiger partial charge on any atom is -0.364 e. The monoisotopic (exact) mass is 471 g/mol.